The largest absolute Gasteiger partial charge is 0.344 e. The Labute approximate surface area is 192 Å². The Morgan fingerprint density at radius 1 is 1.00 bits per heavy atom. The molecule has 8 heteroatoms. The molecule has 2 fully saturated rings. The summed E-state index contributed by atoms with van der Waals surface area (Å²) >= 11 is 0. The number of imide groups is 1. The van der Waals surface area contributed by atoms with Crippen LogP contribution in [0.4, 0.5) is 4.79 Å². The van der Waals surface area contributed by atoms with Gasteiger partial charge in [-0.3, -0.25) is 19.8 Å². The summed E-state index contributed by atoms with van der Waals surface area (Å²) in [5.74, 6) is -1.43. The van der Waals surface area contributed by atoms with E-state index in [1.165, 1.54) is 6.08 Å². The molecule has 33 heavy (non-hydrogen) atoms. The maximum atomic E-state index is 13.0. The molecule has 0 spiro atoms. The van der Waals surface area contributed by atoms with E-state index in [9.17, 15) is 19.2 Å². The Balaban J connectivity index is 1.32. The van der Waals surface area contributed by atoms with Crippen LogP contribution in [-0.4, -0.2) is 46.8 Å². The molecule has 1 unspecified atom stereocenters. The standard InChI is InChI=1S/C25H26N4O4/c1-25(20-10-6-3-7-11-20)23(32)29(24(33)26-25)27-22(31)19-14-16-28(17-15-19)21(30)13-12-18-8-4-2-5-9-18/h2-13,19H,14-17H2,1H3,(H,26,33)(H,27,31)/b13-12+. The first-order chi connectivity index (χ1) is 15.9. The highest BCUT2D eigenvalue weighted by Crippen LogP contribution is 2.28. The van der Waals surface area contributed by atoms with Crippen LogP contribution in [0.2, 0.25) is 0 Å². The van der Waals surface area contributed by atoms with Crippen molar-refractivity contribution >= 4 is 29.8 Å². The number of hydrogen-bond donors (Lipinski definition) is 2. The summed E-state index contributed by atoms with van der Waals surface area (Å²) in [5.41, 5.74) is 2.81. The number of carbonyl (C=O) groups is 4. The molecule has 0 aliphatic carbocycles. The lowest BCUT2D eigenvalue weighted by Gasteiger charge is -2.31. The van der Waals surface area contributed by atoms with Gasteiger partial charge in [-0.1, -0.05) is 60.7 Å². The number of urea groups is 1. The molecule has 2 saturated heterocycles. The molecule has 2 aliphatic rings. The monoisotopic (exact) mass is 446 g/mol. The van der Waals surface area contributed by atoms with Crippen LogP contribution in [0.5, 0.6) is 0 Å². The molecule has 2 N–H and O–H groups in total. The van der Waals surface area contributed by atoms with Crippen molar-refractivity contribution in [2.75, 3.05) is 13.1 Å². The van der Waals surface area contributed by atoms with E-state index >= 15 is 0 Å². The molecule has 8 nitrogen and oxygen atoms in total. The van der Waals surface area contributed by atoms with Gasteiger partial charge in [0.1, 0.15) is 5.54 Å². The highest BCUT2D eigenvalue weighted by molar-refractivity contribution is 6.08. The second-order valence-corrected chi connectivity index (χ2v) is 8.38. The molecule has 5 amide bonds. The van der Waals surface area contributed by atoms with Gasteiger partial charge < -0.3 is 10.2 Å². The zero-order chi connectivity index (χ0) is 23.4. The minimum atomic E-state index is -1.24. The molecule has 2 aromatic rings. The van der Waals surface area contributed by atoms with E-state index < -0.39 is 29.3 Å². The first-order valence-corrected chi connectivity index (χ1v) is 10.9. The first-order valence-electron chi connectivity index (χ1n) is 10.9. The third-order valence-electron chi connectivity index (χ3n) is 6.16. The summed E-state index contributed by atoms with van der Waals surface area (Å²) in [6, 6.07) is 17.8. The molecular weight excluding hydrogens is 420 g/mol. The third kappa shape index (κ3) is 4.64. The van der Waals surface area contributed by atoms with Crippen LogP contribution >= 0.6 is 0 Å². The fraction of sp³-hybridized carbons (Fsp3) is 0.280. The number of carbonyl (C=O) groups excluding carboxylic acids is 4. The Bertz CT molecular complexity index is 1080. The minimum Gasteiger partial charge on any atom is -0.339 e. The van der Waals surface area contributed by atoms with Gasteiger partial charge in [0.2, 0.25) is 11.8 Å². The number of piperidine rings is 1. The molecular formula is C25H26N4O4. The zero-order valence-electron chi connectivity index (χ0n) is 18.4. The Morgan fingerprint density at radius 2 is 1.61 bits per heavy atom. The van der Waals surface area contributed by atoms with E-state index in [0.717, 1.165) is 10.6 Å². The van der Waals surface area contributed by atoms with Gasteiger partial charge in [-0.05, 0) is 37.0 Å². The molecule has 0 aromatic heterocycles. The van der Waals surface area contributed by atoms with Gasteiger partial charge in [0, 0.05) is 25.1 Å². The average Bonchev–Trinajstić information content (AvgIpc) is 3.07. The van der Waals surface area contributed by atoms with Crippen LogP contribution in [0.3, 0.4) is 0 Å². The number of hydrogen-bond acceptors (Lipinski definition) is 4. The number of nitrogens with zero attached hydrogens (tertiary/aromatic N) is 2. The Hall–Kier alpha value is -3.94. The number of likely N-dealkylation sites (tertiary alicyclic amines) is 1. The third-order valence-corrected chi connectivity index (χ3v) is 6.16. The van der Waals surface area contributed by atoms with Crippen molar-refractivity contribution in [1.82, 2.24) is 20.7 Å². The SMILES string of the molecule is CC1(c2ccccc2)NC(=O)N(NC(=O)C2CCN(C(=O)/C=C/c3ccccc3)CC2)C1=O. The van der Waals surface area contributed by atoms with Crippen LogP contribution in [0.1, 0.15) is 30.9 Å². The highest BCUT2D eigenvalue weighted by atomic mass is 16.2. The fourth-order valence-corrected chi connectivity index (χ4v) is 4.11. The van der Waals surface area contributed by atoms with Gasteiger partial charge in [-0.2, -0.15) is 5.01 Å². The van der Waals surface area contributed by atoms with Crippen LogP contribution in [0.15, 0.2) is 66.7 Å². The predicted molar refractivity (Wildman–Crippen MR) is 122 cm³/mol. The Kier molecular flexibility index (Phi) is 6.26. The zero-order valence-corrected chi connectivity index (χ0v) is 18.4. The van der Waals surface area contributed by atoms with Crippen LogP contribution in [0.25, 0.3) is 6.08 Å². The lowest BCUT2D eigenvalue weighted by Crippen LogP contribution is -2.51. The molecule has 4 rings (SSSR count). The average molecular weight is 447 g/mol. The van der Waals surface area contributed by atoms with Crippen molar-refractivity contribution in [2.24, 2.45) is 5.92 Å². The second kappa shape index (κ2) is 9.28. The number of rotatable bonds is 5. The van der Waals surface area contributed by atoms with Crippen LogP contribution < -0.4 is 10.7 Å². The smallest absolute Gasteiger partial charge is 0.339 e. The Morgan fingerprint density at radius 3 is 2.24 bits per heavy atom. The van der Waals surface area contributed by atoms with Crippen molar-refractivity contribution in [2.45, 2.75) is 25.3 Å². The lowest BCUT2D eigenvalue weighted by molar-refractivity contribution is -0.141. The lowest BCUT2D eigenvalue weighted by atomic mass is 9.92. The van der Waals surface area contributed by atoms with Crippen molar-refractivity contribution in [3.8, 4) is 0 Å². The summed E-state index contributed by atoms with van der Waals surface area (Å²) in [7, 11) is 0. The van der Waals surface area contributed by atoms with E-state index in [0.29, 0.717) is 31.5 Å². The molecule has 2 aliphatic heterocycles. The predicted octanol–water partition coefficient (Wildman–Crippen LogP) is 2.44. The van der Waals surface area contributed by atoms with E-state index in [1.54, 1.807) is 42.2 Å². The van der Waals surface area contributed by atoms with Gasteiger partial charge in [-0.15, -0.1) is 0 Å². The van der Waals surface area contributed by atoms with E-state index in [-0.39, 0.29) is 5.91 Å². The summed E-state index contributed by atoms with van der Waals surface area (Å²) in [6.07, 6.45) is 4.21. The number of nitrogens with one attached hydrogen (secondary N) is 2. The maximum absolute atomic E-state index is 13.0. The molecule has 2 heterocycles. The van der Waals surface area contributed by atoms with Crippen molar-refractivity contribution < 1.29 is 19.2 Å². The normalized spacial score (nSPS) is 21.4. The van der Waals surface area contributed by atoms with Gasteiger partial charge in [0.25, 0.3) is 5.91 Å². The van der Waals surface area contributed by atoms with Gasteiger partial charge in [0.05, 0.1) is 0 Å². The molecule has 0 radical (unpaired) electrons. The fourth-order valence-electron chi connectivity index (χ4n) is 4.11. The minimum absolute atomic E-state index is 0.106. The molecule has 1 atom stereocenters. The topological polar surface area (TPSA) is 98.8 Å². The molecule has 170 valence electrons. The summed E-state index contributed by atoms with van der Waals surface area (Å²) in [4.78, 5) is 52.3. The maximum Gasteiger partial charge on any atom is 0.344 e. The van der Waals surface area contributed by atoms with Crippen LogP contribution in [0, 0.1) is 5.92 Å². The van der Waals surface area contributed by atoms with Gasteiger partial charge >= 0.3 is 6.03 Å². The van der Waals surface area contributed by atoms with Crippen molar-refractivity contribution in [3.63, 3.8) is 0 Å². The van der Waals surface area contributed by atoms with Gasteiger partial charge in [-0.25, -0.2) is 4.79 Å². The quantitative estimate of drug-likeness (QED) is 0.544. The molecule has 0 bridgehead atoms. The second-order valence-electron chi connectivity index (χ2n) is 8.38. The van der Waals surface area contributed by atoms with E-state index in [4.69, 9.17) is 0 Å². The molecule has 2 aromatic carbocycles. The van der Waals surface area contributed by atoms with Gasteiger partial charge in [0.15, 0.2) is 0 Å². The summed E-state index contributed by atoms with van der Waals surface area (Å²) in [6.45, 7) is 2.47. The van der Waals surface area contributed by atoms with E-state index in [2.05, 4.69) is 10.7 Å². The van der Waals surface area contributed by atoms with Crippen molar-refractivity contribution in [1.29, 1.82) is 0 Å². The van der Waals surface area contributed by atoms with E-state index in [1.807, 2.05) is 36.4 Å². The molecule has 0 saturated carbocycles. The summed E-state index contributed by atoms with van der Waals surface area (Å²) < 4.78 is 0. The summed E-state index contributed by atoms with van der Waals surface area (Å²) in [5, 5.41) is 3.43. The van der Waals surface area contributed by atoms with Crippen molar-refractivity contribution in [3.05, 3.63) is 77.9 Å². The number of benzene rings is 2. The highest BCUT2D eigenvalue weighted by Gasteiger charge is 2.50. The number of hydrazine groups is 1. The number of amides is 5. The van der Waals surface area contributed by atoms with Crippen LogP contribution in [-0.2, 0) is 19.9 Å². The first kappa shape index (κ1) is 22.3.